The van der Waals surface area contributed by atoms with Crippen LogP contribution in [0.4, 0.5) is 0 Å². The largest absolute Gasteiger partial charge is 0.454 e. The fraction of sp³-hybridized carbons (Fsp3) is 0.655. The average molecular weight is 581 g/mol. The van der Waals surface area contributed by atoms with Gasteiger partial charge in [0.2, 0.25) is 24.5 Å². The van der Waals surface area contributed by atoms with Gasteiger partial charge in [0.25, 0.3) is 0 Å². The van der Waals surface area contributed by atoms with Gasteiger partial charge in [-0.3, -0.25) is 24.1 Å². The van der Waals surface area contributed by atoms with Gasteiger partial charge in [-0.25, -0.2) is 0 Å². The van der Waals surface area contributed by atoms with Crippen molar-refractivity contribution in [1.82, 2.24) is 20.9 Å². The van der Waals surface area contributed by atoms with Gasteiger partial charge in [0.15, 0.2) is 17.3 Å². The summed E-state index contributed by atoms with van der Waals surface area (Å²) in [6.07, 6.45) is 5.62. The summed E-state index contributed by atoms with van der Waals surface area (Å²) in [5, 5.41) is 7.94. The number of ketones is 1. The Morgan fingerprint density at radius 1 is 1.02 bits per heavy atom. The molecule has 0 bridgehead atoms. The number of ether oxygens (including phenoxy) is 4. The first-order chi connectivity index (χ1) is 19.8. The SMILES string of the molecule is CC1CCCC1.C[C@H](NC(=O)CN1CCOCC1)C(=O)N[C@@H](Cc1ccc2c(c1)OCO2)C(=O)NCC(=O)[C@H]1CO1.[HH].[HH].[HH]. The van der Waals surface area contributed by atoms with Crippen LogP contribution in [0.2, 0.25) is 0 Å². The van der Waals surface area contributed by atoms with Crippen LogP contribution < -0.4 is 25.4 Å². The molecule has 2 saturated heterocycles. The number of nitrogens with one attached hydrogen (secondary N) is 3. The van der Waals surface area contributed by atoms with Crippen molar-refractivity contribution >= 4 is 23.5 Å². The molecule has 0 radical (unpaired) electrons. The number of hydrogen-bond acceptors (Lipinski definition) is 9. The first-order valence-corrected chi connectivity index (χ1v) is 14.5. The van der Waals surface area contributed by atoms with Crippen molar-refractivity contribution in [1.29, 1.82) is 0 Å². The summed E-state index contributed by atoms with van der Waals surface area (Å²) in [6.45, 7) is 6.76. The molecular formula is C29H48N4O8. The summed E-state index contributed by atoms with van der Waals surface area (Å²) >= 11 is 0. The highest BCUT2D eigenvalue weighted by molar-refractivity contribution is 5.95. The van der Waals surface area contributed by atoms with Crippen LogP contribution in [0.3, 0.4) is 0 Å². The number of hydrogen-bond donors (Lipinski definition) is 3. The molecule has 3 atom stereocenters. The Bertz CT molecular complexity index is 1080. The third kappa shape index (κ3) is 9.98. The van der Waals surface area contributed by atoms with Crippen LogP contribution in [0.25, 0.3) is 0 Å². The van der Waals surface area contributed by atoms with E-state index in [0.29, 0.717) is 44.4 Å². The molecule has 0 unspecified atom stereocenters. The molecule has 12 nitrogen and oxygen atoms in total. The van der Waals surface area contributed by atoms with Crippen molar-refractivity contribution in [3.63, 3.8) is 0 Å². The van der Waals surface area contributed by atoms with Gasteiger partial charge in [0.05, 0.1) is 32.9 Å². The standard InChI is InChI=1S/C23H30N4O8.C6H12.3H2/c1-14(25-21(29)11-27-4-6-32-7-5-27)22(30)26-16(23(31)24-10-17(28)20-12-33-20)8-15-2-3-18-19(9-15)35-13-34-18;1-6-4-2-3-5-6;;;/h2-3,9,14,16,20H,4-8,10-13H2,1H3,(H,24,31)(H,25,29)(H,26,30);6H,2-5H2,1H3;3*1H/t14-,16-,20+;;;;/m0..../s1. The summed E-state index contributed by atoms with van der Waals surface area (Å²) in [6, 6.07) is 3.41. The Morgan fingerprint density at radius 2 is 1.73 bits per heavy atom. The molecule has 3 amide bonds. The summed E-state index contributed by atoms with van der Waals surface area (Å²) in [5.74, 6) is 0.653. The van der Waals surface area contributed by atoms with E-state index in [1.165, 1.54) is 25.7 Å². The molecule has 0 spiro atoms. The number of carbonyl (C=O) groups excluding carboxylic acids is 4. The van der Waals surface area contributed by atoms with Crippen molar-refractivity contribution in [2.45, 2.75) is 64.1 Å². The van der Waals surface area contributed by atoms with Crippen molar-refractivity contribution in [2.75, 3.05) is 52.8 Å². The van der Waals surface area contributed by atoms with Gasteiger partial charge in [0.1, 0.15) is 18.2 Å². The van der Waals surface area contributed by atoms with Crippen LogP contribution in [0, 0.1) is 5.92 Å². The Kier molecular flexibility index (Phi) is 11.3. The molecule has 232 valence electrons. The summed E-state index contributed by atoms with van der Waals surface area (Å²) in [7, 11) is 0. The molecule has 3 heterocycles. The molecule has 5 rings (SSSR count). The van der Waals surface area contributed by atoms with Crippen molar-refractivity contribution < 1.29 is 42.4 Å². The van der Waals surface area contributed by atoms with E-state index in [4.69, 9.17) is 18.9 Å². The Morgan fingerprint density at radius 3 is 2.39 bits per heavy atom. The number of epoxide rings is 1. The Balaban J connectivity index is 0.000000964. The molecule has 1 aromatic rings. The molecule has 41 heavy (non-hydrogen) atoms. The molecular weight excluding hydrogens is 532 g/mol. The number of amides is 3. The van der Waals surface area contributed by atoms with Gasteiger partial charge in [-0.1, -0.05) is 38.7 Å². The smallest absolute Gasteiger partial charge is 0.243 e. The average Bonchev–Trinajstić information content (AvgIpc) is 3.52. The predicted octanol–water partition coefficient (Wildman–Crippen LogP) is 1.30. The predicted molar refractivity (Wildman–Crippen MR) is 155 cm³/mol. The highest BCUT2D eigenvalue weighted by Crippen LogP contribution is 2.32. The number of Topliss-reactive ketones (excluding diaryl/α,β-unsaturated/α-hetero) is 1. The molecule has 0 aromatic heterocycles. The first-order valence-electron chi connectivity index (χ1n) is 14.5. The van der Waals surface area contributed by atoms with Gasteiger partial charge in [-0.05, 0) is 30.5 Å². The third-order valence-corrected chi connectivity index (χ3v) is 7.52. The zero-order valence-electron chi connectivity index (χ0n) is 23.9. The highest BCUT2D eigenvalue weighted by atomic mass is 16.7. The fourth-order valence-electron chi connectivity index (χ4n) is 4.90. The molecule has 3 aliphatic heterocycles. The van der Waals surface area contributed by atoms with Crippen molar-refractivity contribution in [2.24, 2.45) is 5.92 Å². The second-order valence-corrected chi connectivity index (χ2v) is 11.0. The van der Waals surface area contributed by atoms with Crippen LogP contribution in [0.1, 0.15) is 49.4 Å². The molecule has 12 heteroatoms. The maximum Gasteiger partial charge on any atom is 0.243 e. The van der Waals surface area contributed by atoms with E-state index in [2.05, 4.69) is 22.9 Å². The van der Waals surface area contributed by atoms with Crippen molar-refractivity contribution in [3.05, 3.63) is 23.8 Å². The first kappa shape index (κ1) is 30.7. The molecule has 4 aliphatic rings. The van der Waals surface area contributed by atoms with Gasteiger partial charge in [0, 0.05) is 23.8 Å². The quantitative estimate of drug-likeness (QED) is 0.330. The van der Waals surface area contributed by atoms with E-state index in [1.807, 2.05) is 4.90 Å². The Hall–Kier alpha value is -3.22. The minimum Gasteiger partial charge on any atom is -0.454 e. The number of rotatable bonds is 11. The van der Waals surface area contributed by atoms with E-state index >= 15 is 0 Å². The van der Waals surface area contributed by atoms with Gasteiger partial charge < -0.3 is 34.9 Å². The molecule has 1 aromatic carbocycles. The summed E-state index contributed by atoms with van der Waals surface area (Å²) in [5.41, 5.74) is 0.732. The second-order valence-electron chi connectivity index (χ2n) is 11.0. The molecule has 1 aliphatic carbocycles. The molecule has 3 N–H and O–H groups in total. The normalized spacial score (nSPS) is 21.2. The molecule has 3 fully saturated rings. The number of carbonyl (C=O) groups is 4. The summed E-state index contributed by atoms with van der Waals surface area (Å²) < 4.78 is 20.9. The number of morpholine rings is 1. The van der Waals surface area contributed by atoms with E-state index in [-0.39, 0.29) is 42.3 Å². The number of fused-ring (bicyclic) bond motifs is 1. The Labute approximate surface area is 245 Å². The van der Waals surface area contributed by atoms with E-state index in [1.54, 1.807) is 25.1 Å². The summed E-state index contributed by atoms with van der Waals surface area (Å²) in [4.78, 5) is 52.0. The highest BCUT2D eigenvalue weighted by Gasteiger charge is 2.32. The van der Waals surface area contributed by atoms with Crippen LogP contribution in [-0.4, -0.2) is 99.4 Å². The topological polar surface area (TPSA) is 148 Å². The van der Waals surface area contributed by atoms with Gasteiger partial charge in [-0.2, -0.15) is 0 Å². The second kappa shape index (κ2) is 15.1. The van der Waals surface area contributed by atoms with Gasteiger partial charge >= 0.3 is 0 Å². The maximum absolute atomic E-state index is 12.9. The van der Waals surface area contributed by atoms with Crippen molar-refractivity contribution in [3.8, 4) is 11.5 Å². The molecule has 1 saturated carbocycles. The fourth-order valence-corrected chi connectivity index (χ4v) is 4.90. The van der Waals surface area contributed by atoms with Crippen LogP contribution >= 0.6 is 0 Å². The van der Waals surface area contributed by atoms with E-state index in [0.717, 1.165) is 11.5 Å². The minimum atomic E-state index is -0.977. The lowest BCUT2D eigenvalue weighted by atomic mass is 10.0. The van der Waals surface area contributed by atoms with Crippen LogP contribution in [0.15, 0.2) is 18.2 Å². The minimum absolute atomic E-state index is 0. The van der Waals surface area contributed by atoms with Crippen LogP contribution in [0.5, 0.6) is 11.5 Å². The lowest BCUT2D eigenvalue weighted by molar-refractivity contribution is -0.132. The maximum atomic E-state index is 12.9. The van der Waals surface area contributed by atoms with Gasteiger partial charge in [-0.15, -0.1) is 0 Å². The van der Waals surface area contributed by atoms with E-state index < -0.39 is 30.0 Å². The zero-order chi connectivity index (χ0) is 29.2. The lowest BCUT2D eigenvalue weighted by Gasteiger charge is -2.26. The number of benzene rings is 1. The number of nitrogens with zero attached hydrogens (tertiary/aromatic N) is 1. The monoisotopic (exact) mass is 580 g/mol. The van der Waals surface area contributed by atoms with E-state index in [9.17, 15) is 19.2 Å². The van der Waals surface area contributed by atoms with Crippen LogP contribution in [-0.2, 0) is 35.1 Å². The third-order valence-electron chi connectivity index (χ3n) is 7.52. The zero-order valence-corrected chi connectivity index (χ0v) is 23.9. The lowest BCUT2D eigenvalue weighted by Crippen LogP contribution is -2.55.